The first-order valence-electron chi connectivity index (χ1n) is 15.8. The van der Waals surface area contributed by atoms with Gasteiger partial charge in [0.15, 0.2) is 0 Å². The number of amides is 1. The second-order valence-corrected chi connectivity index (χ2v) is 11.7. The molecule has 6 N–H and O–H groups in total. The number of nitrogens with zero attached hydrogens (tertiary/aromatic N) is 3. The average Bonchev–Trinajstić information content (AvgIpc) is 3.02. The maximum atomic E-state index is 12.5. The molecule has 0 aliphatic heterocycles. The number of rotatable bonds is 17. The van der Waals surface area contributed by atoms with Gasteiger partial charge in [-0.2, -0.15) is 15.0 Å². The number of hydrogen-bond donors (Lipinski definition) is 5. The van der Waals surface area contributed by atoms with Crippen molar-refractivity contribution in [2.45, 2.75) is 64.7 Å². The maximum Gasteiger partial charge on any atom is 0.251 e. The van der Waals surface area contributed by atoms with Crippen LogP contribution < -0.4 is 27.0 Å². The van der Waals surface area contributed by atoms with Gasteiger partial charge in [0.25, 0.3) is 5.91 Å². The van der Waals surface area contributed by atoms with Crippen LogP contribution in [-0.2, 0) is 9.47 Å². The Kier molecular flexibility index (Phi) is 13.5. The molecule has 11 heteroatoms. The van der Waals surface area contributed by atoms with Crippen molar-refractivity contribution in [3.05, 3.63) is 29.8 Å². The van der Waals surface area contributed by atoms with Crippen LogP contribution in [0.4, 0.5) is 23.5 Å². The SMILES string of the molecule is CC1CCC(CNc2nc(NCC3CCCCC3)nc(Nc3ccc(C(=O)NCCOCCOCCN)cc3)n2)CC1. The van der Waals surface area contributed by atoms with E-state index in [1.807, 2.05) is 12.1 Å². The summed E-state index contributed by atoms with van der Waals surface area (Å²) in [4.78, 5) is 26.6. The van der Waals surface area contributed by atoms with Crippen LogP contribution >= 0.6 is 0 Å². The Morgan fingerprint density at radius 2 is 1.38 bits per heavy atom. The third-order valence-electron chi connectivity index (χ3n) is 8.16. The maximum absolute atomic E-state index is 12.5. The molecule has 0 unspecified atom stereocenters. The quantitative estimate of drug-likeness (QED) is 0.168. The van der Waals surface area contributed by atoms with Gasteiger partial charge in [-0.05, 0) is 67.7 Å². The van der Waals surface area contributed by atoms with Gasteiger partial charge in [0.1, 0.15) is 0 Å². The second kappa shape index (κ2) is 17.8. The van der Waals surface area contributed by atoms with Gasteiger partial charge in [0.2, 0.25) is 17.8 Å². The summed E-state index contributed by atoms with van der Waals surface area (Å²) in [6.45, 7) is 6.92. The van der Waals surface area contributed by atoms with Crippen molar-refractivity contribution in [3.8, 4) is 0 Å². The Bertz CT molecular complexity index is 1060. The van der Waals surface area contributed by atoms with Crippen molar-refractivity contribution in [2.24, 2.45) is 23.5 Å². The van der Waals surface area contributed by atoms with E-state index in [1.54, 1.807) is 12.1 Å². The molecule has 232 valence electrons. The zero-order chi connectivity index (χ0) is 29.4. The first-order chi connectivity index (χ1) is 20.6. The summed E-state index contributed by atoms with van der Waals surface area (Å²) in [7, 11) is 0. The van der Waals surface area contributed by atoms with Crippen LogP contribution in [0.2, 0.25) is 0 Å². The Morgan fingerprint density at radius 1 is 0.786 bits per heavy atom. The summed E-state index contributed by atoms with van der Waals surface area (Å²) < 4.78 is 10.7. The molecule has 4 rings (SSSR count). The van der Waals surface area contributed by atoms with Gasteiger partial charge in [-0.15, -0.1) is 0 Å². The molecule has 1 amide bonds. The van der Waals surface area contributed by atoms with E-state index in [0.717, 1.165) is 24.7 Å². The fourth-order valence-electron chi connectivity index (χ4n) is 5.56. The lowest BCUT2D eigenvalue weighted by atomic mass is 9.83. The van der Waals surface area contributed by atoms with Gasteiger partial charge >= 0.3 is 0 Å². The van der Waals surface area contributed by atoms with E-state index >= 15 is 0 Å². The molecule has 2 fully saturated rings. The van der Waals surface area contributed by atoms with E-state index in [9.17, 15) is 4.79 Å². The topological polar surface area (TPSA) is 148 Å². The average molecular weight is 583 g/mol. The molecular formula is C31H50N8O3. The highest BCUT2D eigenvalue weighted by atomic mass is 16.5. The third-order valence-corrected chi connectivity index (χ3v) is 8.16. The smallest absolute Gasteiger partial charge is 0.251 e. The lowest BCUT2D eigenvalue weighted by Gasteiger charge is -2.26. The highest BCUT2D eigenvalue weighted by molar-refractivity contribution is 5.94. The number of nitrogens with two attached hydrogens (primary N) is 1. The van der Waals surface area contributed by atoms with Crippen molar-refractivity contribution in [1.29, 1.82) is 0 Å². The van der Waals surface area contributed by atoms with E-state index in [0.29, 0.717) is 74.8 Å². The molecule has 1 heterocycles. The van der Waals surface area contributed by atoms with Crippen LogP contribution in [0, 0.1) is 17.8 Å². The Morgan fingerprint density at radius 3 is 2.02 bits per heavy atom. The Hall–Kier alpha value is -3.02. The number of hydrogen-bond acceptors (Lipinski definition) is 10. The lowest BCUT2D eigenvalue weighted by Crippen LogP contribution is -2.27. The van der Waals surface area contributed by atoms with E-state index in [1.165, 1.54) is 57.8 Å². The molecule has 0 bridgehead atoms. The van der Waals surface area contributed by atoms with Crippen molar-refractivity contribution < 1.29 is 14.3 Å². The summed E-state index contributed by atoms with van der Waals surface area (Å²) in [6, 6.07) is 7.28. The lowest BCUT2D eigenvalue weighted by molar-refractivity contribution is 0.0511. The molecule has 0 saturated heterocycles. The van der Waals surface area contributed by atoms with Gasteiger partial charge in [0.05, 0.1) is 26.4 Å². The largest absolute Gasteiger partial charge is 0.378 e. The molecule has 2 aliphatic rings. The van der Waals surface area contributed by atoms with E-state index < -0.39 is 0 Å². The predicted octanol–water partition coefficient (Wildman–Crippen LogP) is 4.57. The minimum Gasteiger partial charge on any atom is -0.378 e. The third kappa shape index (κ3) is 11.3. The van der Waals surface area contributed by atoms with Gasteiger partial charge in [-0.25, -0.2) is 0 Å². The van der Waals surface area contributed by atoms with Crippen LogP contribution in [-0.4, -0.2) is 73.5 Å². The number of carbonyl (C=O) groups is 1. The number of carbonyl (C=O) groups excluding carboxylic acids is 1. The summed E-state index contributed by atoms with van der Waals surface area (Å²) in [5.41, 5.74) is 6.75. The summed E-state index contributed by atoms with van der Waals surface area (Å²) >= 11 is 0. The van der Waals surface area contributed by atoms with Crippen LogP contribution in [0.5, 0.6) is 0 Å². The van der Waals surface area contributed by atoms with Crippen LogP contribution in [0.25, 0.3) is 0 Å². The fraction of sp³-hybridized carbons (Fsp3) is 0.677. The summed E-state index contributed by atoms with van der Waals surface area (Å²) in [6.07, 6.45) is 11.5. The molecule has 1 aromatic carbocycles. The number of ether oxygens (including phenoxy) is 2. The van der Waals surface area contributed by atoms with Crippen LogP contribution in [0.15, 0.2) is 24.3 Å². The van der Waals surface area contributed by atoms with Crippen molar-refractivity contribution in [2.75, 3.05) is 68.6 Å². The summed E-state index contributed by atoms with van der Waals surface area (Å²) in [5.74, 6) is 3.63. The second-order valence-electron chi connectivity index (χ2n) is 11.7. The molecule has 0 radical (unpaired) electrons. The number of nitrogens with one attached hydrogen (secondary N) is 4. The molecule has 2 aliphatic carbocycles. The molecular weight excluding hydrogens is 532 g/mol. The zero-order valence-corrected chi connectivity index (χ0v) is 25.2. The van der Waals surface area contributed by atoms with E-state index in [-0.39, 0.29) is 5.91 Å². The molecule has 0 spiro atoms. The first kappa shape index (κ1) is 31.9. The molecule has 2 aromatic rings. The Balaban J connectivity index is 1.30. The van der Waals surface area contributed by atoms with Gasteiger partial charge < -0.3 is 36.5 Å². The number of aromatic nitrogens is 3. The summed E-state index contributed by atoms with van der Waals surface area (Å²) in [5, 5.41) is 13.1. The van der Waals surface area contributed by atoms with Crippen molar-refractivity contribution >= 4 is 29.4 Å². The standard InChI is InChI=1S/C31H50N8O3/c1-23-7-9-25(10-8-23)22-35-30-37-29(34-21-24-5-3-2-4-6-24)38-31(39-30)36-27-13-11-26(12-14-27)28(40)33-16-18-42-20-19-41-17-15-32/h11-14,23-25H,2-10,15-22,32H2,1H3,(H,33,40)(H3,34,35,36,37,38,39). The molecule has 42 heavy (non-hydrogen) atoms. The van der Waals surface area contributed by atoms with Crippen molar-refractivity contribution in [3.63, 3.8) is 0 Å². The number of benzene rings is 1. The molecule has 11 nitrogen and oxygen atoms in total. The molecule has 0 atom stereocenters. The van der Waals surface area contributed by atoms with Gasteiger partial charge in [-0.1, -0.05) is 39.0 Å². The normalized spacial score (nSPS) is 19.3. The van der Waals surface area contributed by atoms with Gasteiger partial charge in [-0.3, -0.25) is 4.79 Å². The highest BCUT2D eigenvalue weighted by Crippen LogP contribution is 2.28. The van der Waals surface area contributed by atoms with Gasteiger partial charge in [0, 0.05) is 37.4 Å². The molecule has 2 saturated carbocycles. The minimum absolute atomic E-state index is 0.150. The van der Waals surface area contributed by atoms with Crippen LogP contribution in [0.1, 0.15) is 75.1 Å². The highest BCUT2D eigenvalue weighted by Gasteiger charge is 2.19. The zero-order valence-electron chi connectivity index (χ0n) is 25.2. The Labute approximate surface area is 250 Å². The predicted molar refractivity (Wildman–Crippen MR) is 167 cm³/mol. The van der Waals surface area contributed by atoms with E-state index in [4.69, 9.17) is 20.2 Å². The van der Waals surface area contributed by atoms with Crippen LogP contribution in [0.3, 0.4) is 0 Å². The monoisotopic (exact) mass is 582 g/mol. The number of anilines is 4. The molecule has 1 aromatic heterocycles. The van der Waals surface area contributed by atoms with Crippen molar-refractivity contribution in [1.82, 2.24) is 20.3 Å². The van der Waals surface area contributed by atoms with E-state index in [2.05, 4.69) is 38.2 Å². The fourth-order valence-corrected chi connectivity index (χ4v) is 5.56. The first-order valence-corrected chi connectivity index (χ1v) is 15.8. The minimum atomic E-state index is -0.150.